The predicted octanol–water partition coefficient (Wildman–Crippen LogP) is 2.02. The number of nitrogens with one attached hydrogen (secondary N) is 1. The van der Waals surface area contributed by atoms with Crippen LogP contribution in [0.3, 0.4) is 0 Å². The van der Waals surface area contributed by atoms with Crippen LogP contribution in [-0.2, 0) is 11.3 Å². The third kappa shape index (κ3) is 6.37. The molecule has 0 unspecified atom stereocenters. The average Bonchev–Trinajstić information content (AvgIpc) is 2.89. The van der Waals surface area contributed by atoms with Crippen LogP contribution in [0, 0.1) is 11.3 Å². The Morgan fingerprint density at radius 3 is 2.42 bits per heavy atom. The number of anilines is 1. The number of amides is 2. The molecular formula is C25H31BrN8O2. The minimum absolute atomic E-state index is 0.0156. The van der Waals surface area contributed by atoms with E-state index in [-0.39, 0.29) is 23.7 Å². The van der Waals surface area contributed by atoms with Crippen LogP contribution in [-0.4, -0.2) is 88.8 Å². The molecule has 2 amide bonds. The first-order valence-electron chi connectivity index (χ1n) is 12.1. The normalized spacial score (nSPS) is 17.4. The zero-order chi connectivity index (χ0) is 25.7. The van der Waals surface area contributed by atoms with Crippen LogP contribution in [0.25, 0.3) is 0 Å². The Hall–Kier alpha value is -3.07. The lowest BCUT2D eigenvalue weighted by Gasteiger charge is -2.39. The van der Waals surface area contributed by atoms with Gasteiger partial charge in [0, 0.05) is 64.5 Å². The quantitative estimate of drug-likeness (QED) is 0.540. The summed E-state index contributed by atoms with van der Waals surface area (Å²) in [4.78, 5) is 40.0. The fourth-order valence-electron chi connectivity index (χ4n) is 4.54. The maximum Gasteiger partial charge on any atom is 0.269 e. The number of hydrogen-bond acceptors (Lipinski definition) is 8. The molecule has 1 aromatic heterocycles. The Morgan fingerprint density at radius 1 is 1.14 bits per heavy atom. The van der Waals surface area contributed by atoms with Gasteiger partial charge < -0.3 is 9.80 Å². The fraction of sp³-hybridized carbons (Fsp3) is 0.480. The lowest BCUT2D eigenvalue weighted by atomic mass is 10.0. The van der Waals surface area contributed by atoms with Crippen LogP contribution in [0.4, 0.5) is 5.82 Å². The smallest absolute Gasteiger partial charge is 0.269 e. The molecular weight excluding hydrogens is 524 g/mol. The van der Waals surface area contributed by atoms with Crippen molar-refractivity contribution in [3.05, 3.63) is 51.9 Å². The molecule has 0 aliphatic carbocycles. The van der Waals surface area contributed by atoms with Crippen molar-refractivity contribution in [1.29, 1.82) is 5.26 Å². The molecule has 190 valence electrons. The largest absolute Gasteiger partial charge is 0.343 e. The Kier molecular flexibility index (Phi) is 8.51. The molecule has 11 heteroatoms. The molecule has 2 saturated heterocycles. The number of nitriles is 1. The van der Waals surface area contributed by atoms with Crippen LogP contribution in [0.1, 0.15) is 41.5 Å². The summed E-state index contributed by atoms with van der Waals surface area (Å²) in [5, 5.41) is 11.0. The molecule has 1 N–H and O–H groups in total. The topological polar surface area (TPSA) is 109 Å². The summed E-state index contributed by atoms with van der Waals surface area (Å²) in [6.45, 7) is 7.79. The Bertz CT molecular complexity index is 1120. The van der Waals surface area contributed by atoms with Gasteiger partial charge in [0.2, 0.25) is 11.7 Å². The number of rotatable bonds is 6. The molecule has 4 rings (SSSR count). The van der Waals surface area contributed by atoms with Gasteiger partial charge in [-0.15, -0.1) is 0 Å². The van der Waals surface area contributed by atoms with Crippen LogP contribution in [0.5, 0.6) is 0 Å². The van der Waals surface area contributed by atoms with Crippen molar-refractivity contribution in [2.45, 2.75) is 32.4 Å². The van der Waals surface area contributed by atoms with E-state index in [0.29, 0.717) is 41.8 Å². The molecule has 10 nitrogen and oxygen atoms in total. The first kappa shape index (κ1) is 26.0. The highest BCUT2D eigenvalue weighted by Gasteiger charge is 2.30. The Labute approximate surface area is 220 Å². The van der Waals surface area contributed by atoms with Gasteiger partial charge in [0.05, 0.1) is 10.5 Å². The van der Waals surface area contributed by atoms with E-state index in [2.05, 4.69) is 48.2 Å². The lowest BCUT2D eigenvalue weighted by molar-refractivity contribution is -0.129. The Balaban J connectivity index is 1.49. The second-order valence-corrected chi connectivity index (χ2v) is 10.2. The van der Waals surface area contributed by atoms with Gasteiger partial charge in [-0.1, -0.05) is 12.1 Å². The maximum atomic E-state index is 13.3. The molecule has 0 spiro atoms. The highest BCUT2D eigenvalue weighted by atomic mass is 79.9. The van der Waals surface area contributed by atoms with Gasteiger partial charge in [0.15, 0.2) is 5.82 Å². The first-order chi connectivity index (χ1) is 17.3. The number of hydrogen-bond donors (Lipinski definition) is 1. The van der Waals surface area contributed by atoms with Gasteiger partial charge in [0.25, 0.3) is 5.91 Å². The maximum absolute atomic E-state index is 13.3. The summed E-state index contributed by atoms with van der Waals surface area (Å²) >= 11 is 3.47. The van der Waals surface area contributed by atoms with Gasteiger partial charge in [-0.05, 0) is 53.5 Å². The van der Waals surface area contributed by atoms with Crippen molar-refractivity contribution >= 4 is 33.6 Å². The highest BCUT2D eigenvalue weighted by Crippen LogP contribution is 2.27. The lowest BCUT2D eigenvalue weighted by Crippen LogP contribution is -2.54. The van der Waals surface area contributed by atoms with Crippen molar-refractivity contribution in [2.75, 3.05) is 51.3 Å². The molecule has 2 aromatic rings. The van der Waals surface area contributed by atoms with Gasteiger partial charge in [-0.3, -0.25) is 24.9 Å². The number of carbonyl (C=O) groups excluding carboxylic acids is 2. The standard InChI is InChI=1S/C25H31BrN8O2/c1-18(35)33-9-7-21(8-10-33)34(24-22(26)16-28-23(15-27)29-24)30-25(36)20-5-3-19(4-6-20)17-32-13-11-31(2)12-14-32/h3-6,16,21H,7-14,17H2,1-2H3,(H,30,36). The third-order valence-electron chi connectivity index (χ3n) is 6.77. The zero-order valence-electron chi connectivity index (χ0n) is 20.7. The van der Waals surface area contributed by atoms with E-state index in [1.165, 1.54) is 11.8 Å². The molecule has 0 saturated carbocycles. The SMILES string of the molecule is CC(=O)N1CCC(N(NC(=O)c2ccc(CN3CCN(C)CC3)cc2)c2nc(C#N)ncc2Br)CC1. The molecule has 36 heavy (non-hydrogen) atoms. The monoisotopic (exact) mass is 554 g/mol. The van der Waals surface area contributed by atoms with Crippen LogP contribution in [0.2, 0.25) is 0 Å². The number of piperidine rings is 1. The summed E-state index contributed by atoms with van der Waals surface area (Å²) < 4.78 is 0.568. The number of carbonyl (C=O) groups is 2. The van der Waals surface area contributed by atoms with Crippen molar-refractivity contribution in [3.63, 3.8) is 0 Å². The molecule has 2 fully saturated rings. The van der Waals surface area contributed by atoms with Crippen LogP contribution in [0.15, 0.2) is 34.9 Å². The predicted molar refractivity (Wildman–Crippen MR) is 139 cm³/mol. The fourth-order valence-corrected chi connectivity index (χ4v) is 4.92. The second kappa shape index (κ2) is 11.8. The number of likely N-dealkylation sites (tertiary alicyclic amines) is 1. The summed E-state index contributed by atoms with van der Waals surface area (Å²) in [6.07, 6.45) is 2.82. The van der Waals surface area contributed by atoms with Gasteiger partial charge >= 0.3 is 0 Å². The zero-order valence-corrected chi connectivity index (χ0v) is 22.2. The van der Waals surface area contributed by atoms with Gasteiger partial charge in [-0.2, -0.15) is 10.2 Å². The van der Waals surface area contributed by atoms with Crippen molar-refractivity contribution in [2.24, 2.45) is 0 Å². The highest BCUT2D eigenvalue weighted by molar-refractivity contribution is 9.10. The van der Waals surface area contributed by atoms with E-state index in [0.717, 1.165) is 32.7 Å². The molecule has 2 aliphatic rings. The summed E-state index contributed by atoms with van der Waals surface area (Å²) in [6, 6.07) is 9.54. The van der Waals surface area contributed by atoms with Crippen LogP contribution < -0.4 is 10.4 Å². The number of nitrogens with zero attached hydrogens (tertiary/aromatic N) is 7. The molecule has 0 atom stereocenters. The van der Waals surface area contributed by atoms with E-state index in [1.807, 2.05) is 30.3 Å². The average molecular weight is 555 g/mol. The third-order valence-corrected chi connectivity index (χ3v) is 7.33. The summed E-state index contributed by atoms with van der Waals surface area (Å²) in [5.74, 6) is 0.208. The van der Waals surface area contributed by atoms with E-state index in [9.17, 15) is 14.9 Å². The molecule has 0 bridgehead atoms. The number of halogens is 1. The number of benzene rings is 1. The van der Waals surface area contributed by atoms with Crippen molar-refractivity contribution in [1.82, 2.24) is 30.1 Å². The van der Waals surface area contributed by atoms with Crippen molar-refractivity contribution < 1.29 is 9.59 Å². The minimum atomic E-state index is -0.265. The summed E-state index contributed by atoms with van der Waals surface area (Å²) in [5.41, 5.74) is 4.71. The van der Waals surface area contributed by atoms with E-state index < -0.39 is 0 Å². The van der Waals surface area contributed by atoms with Gasteiger partial charge in [0.1, 0.15) is 6.07 Å². The minimum Gasteiger partial charge on any atom is -0.343 e. The van der Waals surface area contributed by atoms with Crippen molar-refractivity contribution in [3.8, 4) is 6.07 Å². The second-order valence-electron chi connectivity index (χ2n) is 9.30. The van der Waals surface area contributed by atoms with Crippen LogP contribution >= 0.6 is 15.9 Å². The molecule has 0 radical (unpaired) electrons. The van der Waals surface area contributed by atoms with E-state index in [1.54, 1.807) is 16.8 Å². The Morgan fingerprint density at radius 2 is 1.81 bits per heavy atom. The number of piperazine rings is 1. The number of likely N-dealkylation sites (N-methyl/N-ethyl adjacent to an activating group) is 1. The molecule has 3 heterocycles. The van der Waals surface area contributed by atoms with E-state index >= 15 is 0 Å². The summed E-state index contributed by atoms with van der Waals surface area (Å²) in [7, 11) is 2.14. The molecule has 2 aliphatic heterocycles. The van der Waals surface area contributed by atoms with E-state index in [4.69, 9.17) is 0 Å². The van der Waals surface area contributed by atoms with Gasteiger partial charge in [-0.25, -0.2) is 4.98 Å². The molecule has 1 aromatic carbocycles. The first-order valence-corrected chi connectivity index (χ1v) is 12.9. The number of hydrazine groups is 1. The number of aromatic nitrogens is 2.